The van der Waals surface area contributed by atoms with E-state index >= 15 is 0 Å². The number of hydrogen-bond acceptors (Lipinski definition) is 3. The summed E-state index contributed by atoms with van der Waals surface area (Å²) in [5.74, 6) is 0.846. The summed E-state index contributed by atoms with van der Waals surface area (Å²) in [6.45, 7) is 4.50. The third-order valence-corrected chi connectivity index (χ3v) is 5.18. The van der Waals surface area contributed by atoms with Crippen LogP contribution in [0.2, 0.25) is 0 Å². The normalized spacial score (nSPS) is 11.0. The maximum atomic E-state index is 4.66. The standard InChI is InChI=1S/C23H34N2S/c1-3-5-7-9-10-12-19-17-24-23(25-18-19)22-15-14-21(26)16-20(22)13-11-8-6-4-2/h14-18,26H,3-13H2,1-2H3. The molecule has 26 heavy (non-hydrogen) atoms. The SMILES string of the molecule is CCCCCCCc1cnc(-c2ccc(S)cc2CCCCCC)nc1. The van der Waals surface area contributed by atoms with Gasteiger partial charge >= 0.3 is 0 Å². The summed E-state index contributed by atoms with van der Waals surface area (Å²) in [6, 6.07) is 6.34. The highest BCUT2D eigenvalue weighted by Gasteiger charge is 2.09. The second-order valence-corrected chi connectivity index (χ2v) is 7.75. The van der Waals surface area contributed by atoms with Crippen molar-refractivity contribution in [2.24, 2.45) is 0 Å². The second-order valence-electron chi connectivity index (χ2n) is 7.23. The minimum Gasteiger partial charge on any atom is -0.236 e. The molecule has 142 valence electrons. The Bertz CT molecular complexity index is 637. The molecule has 0 spiro atoms. The first-order valence-electron chi connectivity index (χ1n) is 10.4. The first-order valence-corrected chi connectivity index (χ1v) is 10.8. The molecule has 2 aromatic rings. The van der Waals surface area contributed by atoms with Gasteiger partial charge in [0.2, 0.25) is 0 Å². The predicted molar refractivity (Wildman–Crippen MR) is 115 cm³/mol. The minimum atomic E-state index is 0.846. The van der Waals surface area contributed by atoms with Crippen molar-refractivity contribution in [2.75, 3.05) is 0 Å². The van der Waals surface area contributed by atoms with Crippen molar-refractivity contribution in [1.82, 2.24) is 9.97 Å². The van der Waals surface area contributed by atoms with Crippen LogP contribution in [-0.2, 0) is 12.8 Å². The smallest absolute Gasteiger partial charge is 0.159 e. The van der Waals surface area contributed by atoms with Gasteiger partial charge in [0.15, 0.2) is 5.82 Å². The summed E-state index contributed by atoms with van der Waals surface area (Å²) >= 11 is 4.52. The quantitative estimate of drug-likeness (QED) is 0.319. The van der Waals surface area contributed by atoms with Crippen LogP contribution in [0, 0.1) is 0 Å². The lowest BCUT2D eigenvalue weighted by atomic mass is 10.00. The van der Waals surface area contributed by atoms with E-state index in [1.807, 2.05) is 18.5 Å². The monoisotopic (exact) mass is 370 g/mol. The van der Waals surface area contributed by atoms with Crippen LogP contribution in [0.1, 0.15) is 82.8 Å². The van der Waals surface area contributed by atoms with Gasteiger partial charge in [-0.2, -0.15) is 0 Å². The summed E-state index contributed by atoms with van der Waals surface area (Å²) in [6.07, 6.45) is 17.8. The van der Waals surface area contributed by atoms with Gasteiger partial charge in [0.1, 0.15) is 0 Å². The van der Waals surface area contributed by atoms with E-state index in [-0.39, 0.29) is 0 Å². The number of benzene rings is 1. The molecule has 1 heterocycles. The van der Waals surface area contributed by atoms with E-state index in [1.54, 1.807) is 0 Å². The molecule has 3 heteroatoms. The van der Waals surface area contributed by atoms with Crippen molar-refractivity contribution in [1.29, 1.82) is 0 Å². The van der Waals surface area contributed by atoms with Gasteiger partial charge in [-0.25, -0.2) is 9.97 Å². The molecular formula is C23H34N2S. The van der Waals surface area contributed by atoms with Gasteiger partial charge < -0.3 is 0 Å². The molecule has 0 aliphatic heterocycles. The van der Waals surface area contributed by atoms with Gasteiger partial charge in [-0.3, -0.25) is 0 Å². The predicted octanol–water partition coefficient (Wildman–Crippen LogP) is 7.07. The number of nitrogens with zero attached hydrogens (tertiary/aromatic N) is 2. The average Bonchev–Trinajstić information content (AvgIpc) is 2.66. The maximum Gasteiger partial charge on any atom is 0.159 e. The summed E-state index contributed by atoms with van der Waals surface area (Å²) < 4.78 is 0. The third-order valence-electron chi connectivity index (χ3n) is 4.90. The van der Waals surface area contributed by atoms with Crippen LogP contribution in [0.15, 0.2) is 35.5 Å². The number of rotatable bonds is 12. The van der Waals surface area contributed by atoms with Gasteiger partial charge in [0.05, 0.1) is 0 Å². The van der Waals surface area contributed by atoms with Gasteiger partial charge in [0, 0.05) is 22.9 Å². The van der Waals surface area contributed by atoms with Crippen molar-refractivity contribution in [3.8, 4) is 11.4 Å². The fourth-order valence-electron chi connectivity index (χ4n) is 3.30. The maximum absolute atomic E-state index is 4.66. The van der Waals surface area contributed by atoms with E-state index in [2.05, 4.69) is 48.6 Å². The van der Waals surface area contributed by atoms with E-state index in [0.29, 0.717) is 0 Å². The van der Waals surface area contributed by atoms with Gasteiger partial charge in [-0.1, -0.05) is 58.8 Å². The van der Waals surface area contributed by atoms with Crippen molar-refractivity contribution >= 4 is 12.6 Å². The Morgan fingerprint density at radius 3 is 2.08 bits per heavy atom. The van der Waals surface area contributed by atoms with E-state index < -0.39 is 0 Å². The molecule has 0 radical (unpaired) electrons. The number of hydrogen-bond donors (Lipinski definition) is 1. The molecule has 1 aromatic heterocycles. The molecule has 2 nitrogen and oxygen atoms in total. The molecular weight excluding hydrogens is 336 g/mol. The third kappa shape index (κ3) is 7.11. The molecule has 1 aromatic carbocycles. The first-order chi connectivity index (χ1) is 12.7. The van der Waals surface area contributed by atoms with Gasteiger partial charge in [0.25, 0.3) is 0 Å². The Morgan fingerprint density at radius 1 is 0.769 bits per heavy atom. The summed E-state index contributed by atoms with van der Waals surface area (Å²) in [5, 5.41) is 0. The van der Waals surface area contributed by atoms with Crippen LogP contribution < -0.4 is 0 Å². The molecule has 0 aliphatic carbocycles. The van der Waals surface area contributed by atoms with Crippen LogP contribution in [0.5, 0.6) is 0 Å². The first kappa shape index (κ1) is 21.0. The van der Waals surface area contributed by atoms with Crippen molar-refractivity contribution in [3.63, 3.8) is 0 Å². The molecule has 2 rings (SSSR count). The molecule has 0 aliphatic rings. The molecule has 0 saturated carbocycles. The lowest BCUT2D eigenvalue weighted by molar-refractivity contribution is 0.631. The van der Waals surface area contributed by atoms with Gasteiger partial charge in [-0.15, -0.1) is 12.6 Å². The van der Waals surface area contributed by atoms with Crippen molar-refractivity contribution in [2.45, 2.75) is 89.4 Å². The zero-order valence-corrected chi connectivity index (χ0v) is 17.4. The Hall–Kier alpha value is -1.35. The van der Waals surface area contributed by atoms with Crippen molar-refractivity contribution in [3.05, 3.63) is 41.7 Å². The highest BCUT2D eigenvalue weighted by atomic mass is 32.1. The molecule has 0 amide bonds. The van der Waals surface area contributed by atoms with Crippen LogP contribution in [0.25, 0.3) is 11.4 Å². The number of thiol groups is 1. The fraction of sp³-hybridized carbons (Fsp3) is 0.565. The number of aryl methyl sites for hydroxylation is 2. The Balaban J connectivity index is 1.98. The highest BCUT2D eigenvalue weighted by molar-refractivity contribution is 7.80. The van der Waals surface area contributed by atoms with Gasteiger partial charge in [-0.05, 0) is 55.0 Å². The Labute approximate surface area is 165 Å². The van der Waals surface area contributed by atoms with E-state index in [4.69, 9.17) is 0 Å². The Kier molecular flexibility index (Phi) is 9.76. The number of unbranched alkanes of at least 4 members (excludes halogenated alkanes) is 7. The summed E-state index contributed by atoms with van der Waals surface area (Å²) in [5.41, 5.74) is 3.73. The topological polar surface area (TPSA) is 25.8 Å². The average molecular weight is 371 g/mol. The molecule has 0 unspecified atom stereocenters. The summed E-state index contributed by atoms with van der Waals surface area (Å²) in [4.78, 5) is 10.3. The Morgan fingerprint density at radius 2 is 1.38 bits per heavy atom. The molecule has 0 saturated heterocycles. The second kappa shape index (κ2) is 12.1. The van der Waals surface area contributed by atoms with Crippen LogP contribution in [0.3, 0.4) is 0 Å². The molecule has 0 bridgehead atoms. The van der Waals surface area contributed by atoms with E-state index in [9.17, 15) is 0 Å². The summed E-state index contributed by atoms with van der Waals surface area (Å²) in [7, 11) is 0. The van der Waals surface area contributed by atoms with Crippen LogP contribution in [-0.4, -0.2) is 9.97 Å². The number of aromatic nitrogens is 2. The van der Waals surface area contributed by atoms with E-state index in [1.165, 1.54) is 68.9 Å². The van der Waals surface area contributed by atoms with Crippen molar-refractivity contribution < 1.29 is 0 Å². The lowest BCUT2D eigenvalue weighted by Crippen LogP contribution is -1.97. The minimum absolute atomic E-state index is 0.846. The zero-order chi connectivity index (χ0) is 18.6. The lowest BCUT2D eigenvalue weighted by Gasteiger charge is -2.10. The zero-order valence-electron chi connectivity index (χ0n) is 16.5. The van der Waals surface area contributed by atoms with Crippen LogP contribution in [0.4, 0.5) is 0 Å². The molecule has 0 N–H and O–H groups in total. The highest BCUT2D eigenvalue weighted by Crippen LogP contribution is 2.25. The van der Waals surface area contributed by atoms with Crippen LogP contribution >= 0.6 is 12.6 Å². The molecule has 0 atom stereocenters. The molecule has 0 fully saturated rings. The van der Waals surface area contributed by atoms with E-state index in [0.717, 1.165) is 29.1 Å². The largest absolute Gasteiger partial charge is 0.236 e. The fourth-order valence-corrected chi connectivity index (χ4v) is 3.53.